The summed E-state index contributed by atoms with van der Waals surface area (Å²) in [4.78, 5) is 13.7. The molecular formula is C19H25N3O2. The van der Waals surface area contributed by atoms with Crippen molar-refractivity contribution in [1.29, 1.82) is 0 Å². The predicted octanol–water partition coefficient (Wildman–Crippen LogP) is 3.83. The minimum Gasteiger partial charge on any atom is -0.361 e. The van der Waals surface area contributed by atoms with Crippen LogP contribution in [0.2, 0.25) is 0 Å². The molecular weight excluding hydrogens is 302 g/mol. The lowest BCUT2D eigenvalue weighted by Crippen LogP contribution is -2.24. The zero-order chi connectivity index (χ0) is 17.3. The highest BCUT2D eigenvalue weighted by atomic mass is 16.5. The number of hydrogen-bond acceptors (Lipinski definition) is 4. The fraction of sp³-hybridized carbons (Fsp3) is 0.474. The van der Waals surface area contributed by atoms with Gasteiger partial charge in [0.1, 0.15) is 5.76 Å². The van der Waals surface area contributed by atoms with Crippen LogP contribution in [0.1, 0.15) is 61.4 Å². The van der Waals surface area contributed by atoms with Gasteiger partial charge in [-0.1, -0.05) is 17.3 Å². The topological polar surface area (TPSA) is 58.4 Å². The van der Waals surface area contributed by atoms with Crippen LogP contribution in [-0.2, 0) is 4.79 Å². The first-order chi connectivity index (χ1) is 11.5. The standard InChI is InChI=1S/C19H25N3O2/c1-12(20-13(2)19-14(3)21-24-15(19)4)16-7-9-17(10-8-16)22-11-5-6-18(22)23/h7-10,12-13,20H,5-6,11H2,1-4H3/t12-,13+/m0/s1. The van der Waals surface area contributed by atoms with Crippen LogP contribution in [0.25, 0.3) is 0 Å². The second-order valence-corrected chi connectivity index (χ2v) is 6.59. The van der Waals surface area contributed by atoms with E-state index in [1.165, 1.54) is 5.56 Å². The zero-order valence-electron chi connectivity index (χ0n) is 14.8. The van der Waals surface area contributed by atoms with E-state index < -0.39 is 0 Å². The molecule has 1 aromatic carbocycles. The molecule has 0 spiro atoms. The summed E-state index contributed by atoms with van der Waals surface area (Å²) in [6.07, 6.45) is 1.61. The van der Waals surface area contributed by atoms with Crippen LogP contribution in [0, 0.1) is 13.8 Å². The van der Waals surface area contributed by atoms with Gasteiger partial charge in [0.25, 0.3) is 0 Å². The molecule has 1 fully saturated rings. The third-order valence-corrected chi connectivity index (χ3v) is 4.80. The number of amides is 1. The minimum absolute atomic E-state index is 0.158. The lowest BCUT2D eigenvalue weighted by atomic mass is 10.0. The van der Waals surface area contributed by atoms with Gasteiger partial charge < -0.3 is 14.7 Å². The smallest absolute Gasteiger partial charge is 0.227 e. The van der Waals surface area contributed by atoms with Crippen LogP contribution >= 0.6 is 0 Å². The first-order valence-corrected chi connectivity index (χ1v) is 8.56. The molecule has 1 N–H and O–H groups in total. The van der Waals surface area contributed by atoms with Crippen molar-refractivity contribution in [2.75, 3.05) is 11.4 Å². The molecule has 1 aliphatic heterocycles. The molecule has 2 aromatic rings. The number of nitrogens with one attached hydrogen (secondary N) is 1. The molecule has 0 bridgehead atoms. The third-order valence-electron chi connectivity index (χ3n) is 4.80. The number of nitrogens with zero attached hydrogens (tertiary/aromatic N) is 2. The van der Waals surface area contributed by atoms with Crippen LogP contribution in [0.3, 0.4) is 0 Å². The van der Waals surface area contributed by atoms with Gasteiger partial charge in [-0.25, -0.2) is 0 Å². The maximum absolute atomic E-state index is 11.8. The van der Waals surface area contributed by atoms with Gasteiger partial charge in [-0.15, -0.1) is 0 Å². The average molecular weight is 327 g/mol. The molecule has 2 atom stereocenters. The van der Waals surface area contributed by atoms with E-state index in [1.807, 2.05) is 30.9 Å². The molecule has 2 heterocycles. The van der Waals surface area contributed by atoms with Crippen LogP contribution in [0.15, 0.2) is 28.8 Å². The van der Waals surface area contributed by atoms with E-state index >= 15 is 0 Å². The van der Waals surface area contributed by atoms with Crippen molar-refractivity contribution in [2.24, 2.45) is 0 Å². The van der Waals surface area contributed by atoms with Gasteiger partial charge in [-0.3, -0.25) is 4.79 Å². The van der Waals surface area contributed by atoms with Crippen LogP contribution in [-0.4, -0.2) is 17.6 Å². The maximum atomic E-state index is 11.8. The highest BCUT2D eigenvalue weighted by Crippen LogP contribution is 2.26. The molecule has 1 amide bonds. The quantitative estimate of drug-likeness (QED) is 0.907. The van der Waals surface area contributed by atoms with E-state index in [4.69, 9.17) is 4.52 Å². The highest BCUT2D eigenvalue weighted by molar-refractivity contribution is 5.95. The van der Waals surface area contributed by atoms with E-state index in [9.17, 15) is 4.79 Å². The summed E-state index contributed by atoms with van der Waals surface area (Å²) in [6.45, 7) is 9.01. The van der Waals surface area contributed by atoms with E-state index in [-0.39, 0.29) is 18.0 Å². The summed E-state index contributed by atoms with van der Waals surface area (Å²) in [5.74, 6) is 1.09. The van der Waals surface area contributed by atoms with Crippen molar-refractivity contribution in [3.63, 3.8) is 0 Å². The Kier molecular flexibility index (Phi) is 4.71. The van der Waals surface area contributed by atoms with Crippen molar-refractivity contribution in [3.8, 4) is 0 Å². The predicted molar refractivity (Wildman–Crippen MR) is 94.0 cm³/mol. The Morgan fingerprint density at radius 1 is 1.17 bits per heavy atom. The molecule has 3 rings (SSSR count). The largest absolute Gasteiger partial charge is 0.361 e. The number of rotatable bonds is 5. The lowest BCUT2D eigenvalue weighted by molar-refractivity contribution is -0.117. The number of hydrogen-bond donors (Lipinski definition) is 1. The SMILES string of the molecule is Cc1noc(C)c1[C@@H](C)N[C@@H](C)c1ccc(N2CCCC2=O)cc1. The van der Waals surface area contributed by atoms with E-state index in [0.717, 1.165) is 35.7 Å². The van der Waals surface area contributed by atoms with Gasteiger partial charge in [0.2, 0.25) is 5.91 Å². The normalized spacial score (nSPS) is 17.3. The Hall–Kier alpha value is -2.14. The van der Waals surface area contributed by atoms with E-state index in [2.05, 4.69) is 36.5 Å². The second kappa shape index (κ2) is 6.77. The second-order valence-electron chi connectivity index (χ2n) is 6.59. The molecule has 5 heteroatoms. The fourth-order valence-electron chi connectivity index (χ4n) is 3.53. The molecule has 128 valence electrons. The van der Waals surface area contributed by atoms with Gasteiger partial charge in [0, 0.05) is 36.3 Å². The number of carbonyl (C=O) groups is 1. The van der Waals surface area contributed by atoms with Gasteiger partial charge in [-0.2, -0.15) is 0 Å². The molecule has 1 aliphatic rings. The third kappa shape index (κ3) is 3.22. The van der Waals surface area contributed by atoms with Crippen molar-refractivity contribution in [3.05, 3.63) is 46.8 Å². The Morgan fingerprint density at radius 3 is 2.42 bits per heavy atom. The van der Waals surface area contributed by atoms with Crippen molar-refractivity contribution in [1.82, 2.24) is 10.5 Å². The Labute approximate surface area is 143 Å². The van der Waals surface area contributed by atoms with E-state index in [1.54, 1.807) is 0 Å². The molecule has 0 aliphatic carbocycles. The molecule has 5 nitrogen and oxygen atoms in total. The lowest BCUT2D eigenvalue weighted by Gasteiger charge is -2.22. The Balaban J connectivity index is 1.69. The van der Waals surface area contributed by atoms with Crippen molar-refractivity contribution < 1.29 is 9.32 Å². The first kappa shape index (κ1) is 16.7. The molecule has 24 heavy (non-hydrogen) atoms. The summed E-state index contributed by atoms with van der Waals surface area (Å²) in [5, 5.41) is 7.63. The molecule has 1 aromatic heterocycles. The number of aromatic nitrogens is 1. The maximum Gasteiger partial charge on any atom is 0.227 e. The monoisotopic (exact) mass is 327 g/mol. The number of aryl methyl sites for hydroxylation is 2. The zero-order valence-corrected chi connectivity index (χ0v) is 14.8. The van der Waals surface area contributed by atoms with Gasteiger partial charge in [0.05, 0.1) is 5.69 Å². The summed E-state index contributed by atoms with van der Waals surface area (Å²) < 4.78 is 5.26. The Morgan fingerprint density at radius 2 is 1.88 bits per heavy atom. The van der Waals surface area contributed by atoms with Crippen LogP contribution in [0.5, 0.6) is 0 Å². The van der Waals surface area contributed by atoms with Crippen LogP contribution < -0.4 is 10.2 Å². The number of benzene rings is 1. The van der Waals surface area contributed by atoms with Crippen molar-refractivity contribution in [2.45, 2.75) is 52.6 Å². The molecule has 0 unspecified atom stereocenters. The van der Waals surface area contributed by atoms with Gasteiger partial charge in [-0.05, 0) is 51.8 Å². The number of carbonyl (C=O) groups excluding carboxylic acids is 1. The molecule has 0 saturated carbocycles. The highest BCUT2D eigenvalue weighted by Gasteiger charge is 2.22. The van der Waals surface area contributed by atoms with Gasteiger partial charge in [0.15, 0.2) is 0 Å². The Bertz CT molecular complexity index is 701. The summed E-state index contributed by atoms with van der Waals surface area (Å²) in [6, 6.07) is 8.62. The first-order valence-electron chi connectivity index (χ1n) is 8.56. The summed E-state index contributed by atoms with van der Waals surface area (Å²) >= 11 is 0. The minimum atomic E-state index is 0.158. The molecule has 1 saturated heterocycles. The van der Waals surface area contributed by atoms with E-state index in [0.29, 0.717) is 6.42 Å². The molecule has 0 radical (unpaired) electrons. The number of anilines is 1. The van der Waals surface area contributed by atoms with Crippen LogP contribution in [0.4, 0.5) is 5.69 Å². The fourth-order valence-corrected chi connectivity index (χ4v) is 3.53. The van der Waals surface area contributed by atoms with Crippen molar-refractivity contribution >= 4 is 11.6 Å². The average Bonchev–Trinajstić information content (AvgIpc) is 3.13. The van der Waals surface area contributed by atoms with Gasteiger partial charge >= 0.3 is 0 Å². The summed E-state index contributed by atoms with van der Waals surface area (Å²) in [5.41, 5.74) is 4.25. The summed E-state index contributed by atoms with van der Waals surface area (Å²) in [7, 11) is 0.